The van der Waals surface area contributed by atoms with Crippen LogP contribution in [0.5, 0.6) is 11.5 Å². The Labute approximate surface area is 202 Å². The molecule has 1 aliphatic heterocycles. The van der Waals surface area contributed by atoms with Crippen molar-refractivity contribution in [2.24, 2.45) is 0 Å². The first kappa shape index (κ1) is 27.9. The lowest BCUT2D eigenvalue weighted by molar-refractivity contribution is -0.155. The minimum Gasteiger partial charge on any atom is -0.486 e. The van der Waals surface area contributed by atoms with E-state index in [1.54, 1.807) is 19.2 Å². The van der Waals surface area contributed by atoms with Gasteiger partial charge >= 0.3 is 5.97 Å². The van der Waals surface area contributed by atoms with Gasteiger partial charge in [0.1, 0.15) is 25.9 Å². The van der Waals surface area contributed by atoms with E-state index in [9.17, 15) is 9.59 Å². The Morgan fingerprint density at radius 2 is 1.71 bits per heavy atom. The Morgan fingerprint density at radius 1 is 0.971 bits per heavy atom. The highest BCUT2D eigenvalue weighted by atomic mass is 16.6. The van der Waals surface area contributed by atoms with E-state index in [1.807, 2.05) is 6.07 Å². The second kappa shape index (κ2) is 17.1. The summed E-state index contributed by atoms with van der Waals surface area (Å²) in [6.45, 7) is 4.66. The third-order valence-corrected chi connectivity index (χ3v) is 5.23. The van der Waals surface area contributed by atoms with Gasteiger partial charge in [-0.3, -0.25) is 4.79 Å². The van der Waals surface area contributed by atoms with E-state index in [4.69, 9.17) is 28.4 Å². The lowest BCUT2D eigenvalue weighted by Crippen LogP contribution is -2.31. The minimum absolute atomic E-state index is 0.0560. The molecule has 0 saturated carbocycles. The van der Waals surface area contributed by atoms with Gasteiger partial charge in [-0.2, -0.15) is 0 Å². The van der Waals surface area contributed by atoms with E-state index in [2.05, 4.69) is 12.2 Å². The van der Waals surface area contributed by atoms with Gasteiger partial charge in [0.05, 0.1) is 33.0 Å². The Morgan fingerprint density at radius 3 is 2.50 bits per heavy atom. The summed E-state index contributed by atoms with van der Waals surface area (Å²) in [5.74, 6) is 0.662. The monoisotopic (exact) mass is 481 g/mol. The number of fused-ring (bicyclic) bond motifs is 1. The summed E-state index contributed by atoms with van der Waals surface area (Å²) in [6.07, 6.45) is 5.16. The molecule has 34 heavy (non-hydrogen) atoms. The summed E-state index contributed by atoms with van der Waals surface area (Å²) in [4.78, 5) is 24.7. The fraction of sp³-hybridized carbons (Fsp3) is 0.680. The molecule has 1 amide bonds. The van der Waals surface area contributed by atoms with Crippen LogP contribution >= 0.6 is 0 Å². The molecule has 9 heteroatoms. The number of nitrogens with one attached hydrogen (secondary N) is 1. The van der Waals surface area contributed by atoms with Gasteiger partial charge in [0.25, 0.3) is 0 Å². The molecule has 0 bridgehead atoms. The number of ether oxygens (including phenoxy) is 6. The molecular formula is C25H39NO8. The molecule has 1 heterocycles. The highest BCUT2D eigenvalue weighted by Gasteiger charge is 2.21. The van der Waals surface area contributed by atoms with E-state index in [0.29, 0.717) is 56.5 Å². The van der Waals surface area contributed by atoms with Crippen LogP contribution in [0.15, 0.2) is 18.2 Å². The first-order valence-corrected chi connectivity index (χ1v) is 12.1. The van der Waals surface area contributed by atoms with Crippen LogP contribution in [0.2, 0.25) is 0 Å². The first-order valence-electron chi connectivity index (χ1n) is 12.1. The molecule has 9 nitrogen and oxygen atoms in total. The molecule has 0 radical (unpaired) electrons. The molecule has 0 saturated heterocycles. The second-order valence-electron chi connectivity index (χ2n) is 8.01. The number of benzene rings is 1. The van der Waals surface area contributed by atoms with Gasteiger partial charge in [-0.25, -0.2) is 4.79 Å². The molecule has 192 valence electrons. The van der Waals surface area contributed by atoms with Crippen molar-refractivity contribution in [3.63, 3.8) is 0 Å². The van der Waals surface area contributed by atoms with Crippen LogP contribution in [0.4, 0.5) is 0 Å². The largest absolute Gasteiger partial charge is 0.486 e. The van der Waals surface area contributed by atoms with Crippen LogP contribution in [0, 0.1) is 0 Å². The zero-order valence-corrected chi connectivity index (χ0v) is 20.5. The van der Waals surface area contributed by atoms with Crippen LogP contribution < -0.4 is 14.8 Å². The summed E-state index contributed by atoms with van der Waals surface area (Å²) in [6, 6.07) is 5.38. The summed E-state index contributed by atoms with van der Waals surface area (Å²) < 4.78 is 32.4. The smallest absolute Gasteiger partial charge is 0.332 e. The van der Waals surface area contributed by atoms with Gasteiger partial charge in [-0.15, -0.1) is 0 Å². The van der Waals surface area contributed by atoms with Crippen molar-refractivity contribution < 1.29 is 38.0 Å². The minimum atomic E-state index is -0.672. The number of carbonyl (C=O) groups is 2. The number of unbranched alkanes of at least 4 members (excludes halogenated alkanes) is 4. The van der Waals surface area contributed by atoms with Crippen molar-refractivity contribution in [2.45, 2.75) is 51.6 Å². The number of rotatable bonds is 18. The highest BCUT2D eigenvalue weighted by molar-refractivity contribution is 5.76. The Kier molecular flexibility index (Phi) is 14.0. The normalized spacial score (nSPS) is 13.4. The quantitative estimate of drug-likeness (QED) is 0.252. The molecule has 0 aromatic heterocycles. The van der Waals surface area contributed by atoms with E-state index < -0.39 is 12.1 Å². The van der Waals surface area contributed by atoms with Crippen LogP contribution in [-0.2, 0) is 28.5 Å². The van der Waals surface area contributed by atoms with E-state index >= 15 is 0 Å². The van der Waals surface area contributed by atoms with Gasteiger partial charge in [0.15, 0.2) is 11.5 Å². The molecule has 0 aliphatic carbocycles. The molecule has 1 aliphatic rings. The fourth-order valence-electron chi connectivity index (χ4n) is 3.38. The molecule has 1 atom stereocenters. The maximum atomic E-state index is 12.4. The SMILES string of the molecule is CCCCCCCC(=O)NCC(OC(=O)COCCOCCOC)c1ccc2c(c1)OCCO2. The second-order valence-corrected chi connectivity index (χ2v) is 8.01. The highest BCUT2D eigenvalue weighted by Crippen LogP contribution is 2.33. The lowest BCUT2D eigenvalue weighted by Gasteiger charge is -2.23. The summed E-state index contributed by atoms with van der Waals surface area (Å²) >= 11 is 0. The standard InChI is InChI=1S/C25H39NO8/c1-3-4-5-6-7-8-24(27)26-18-23(20-9-10-21-22(17-20)33-16-15-32-21)34-25(28)19-31-14-13-30-12-11-29-2/h9-10,17,23H,3-8,11-16,18-19H2,1-2H3,(H,26,27). The molecule has 1 aromatic rings. The number of methoxy groups -OCH3 is 1. The maximum absolute atomic E-state index is 12.4. The topological polar surface area (TPSA) is 102 Å². The van der Waals surface area contributed by atoms with E-state index in [-0.39, 0.29) is 25.7 Å². The Balaban J connectivity index is 1.86. The van der Waals surface area contributed by atoms with E-state index in [1.165, 1.54) is 12.8 Å². The number of amides is 1. The molecule has 1 aromatic carbocycles. The third kappa shape index (κ3) is 11.2. The Bertz CT molecular complexity index is 727. The average Bonchev–Trinajstić information content (AvgIpc) is 2.85. The molecule has 0 fully saturated rings. The lowest BCUT2D eigenvalue weighted by atomic mass is 10.1. The van der Waals surface area contributed by atoms with Gasteiger partial charge in [-0.05, 0) is 24.1 Å². The van der Waals surface area contributed by atoms with Crippen molar-refractivity contribution >= 4 is 11.9 Å². The molecule has 2 rings (SSSR count). The van der Waals surface area contributed by atoms with Crippen molar-refractivity contribution in [1.82, 2.24) is 5.32 Å². The average molecular weight is 482 g/mol. The van der Waals surface area contributed by atoms with Crippen molar-refractivity contribution in [3.8, 4) is 11.5 Å². The van der Waals surface area contributed by atoms with Crippen LogP contribution in [0.25, 0.3) is 0 Å². The molecule has 0 spiro atoms. The predicted molar refractivity (Wildman–Crippen MR) is 126 cm³/mol. The molecular weight excluding hydrogens is 442 g/mol. The van der Waals surface area contributed by atoms with Crippen molar-refractivity contribution in [2.75, 3.05) is 59.9 Å². The van der Waals surface area contributed by atoms with Crippen molar-refractivity contribution in [3.05, 3.63) is 23.8 Å². The number of hydrogen-bond acceptors (Lipinski definition) is 8. The summed E-state index contributed by atoms with van der Waals surface area (Å²) in [7, 11) is 1.60. The van der Waals surface area contributed by atoms with Gasteiger partial charge < -0.3 is 33.7 Å². The zero-order chi connectivity index (χ0) is 24.4. The van der Waals surface area contributed by atoms with Gasteiger partial charge in [0, 0.05) is 13.5 Å². The van der Waals surface area contributed by atoms with Crippen LogP contribution in [0.1, 0.15) is 57.1 Å². The molecule has 1 unspecified atom stereocenters. The Hall–Kier alpha value is -2.36. The van der Waals surface area contributed by atoms with Crippen LogP contribution in [0.3, 0.4) is 0 Å². The maximum Gasteiger partial charge on any atom is 0.332 e. The number of hydrogen-bond donors (Lipinski definition) is 1. The van der Waals surface area contributed by atoms with E-state index in [0.717, 1.165) is 19.3 Å². The van der Waals surface area contributed by atoms with Crippen molar-refractivity contribution in [1.29, 1.82) is 0 Å². The fourth-order valence-corrected chi connectivity index (χ4v) is 3.38. The number of esters is 1. The summed E-state index contributed by atoms with van der Waals surface area (Å²) in [5.41, 5.74) is 0.712. The third-order valence-electron chi connectivity index (χ3n) is 5.23. The summed E-state index contributed by atoms with van der Waals surface area (Å²) in [5, 5.41) is 2.89. The zero-order valence-electron chi connectivity index (χ0n) is 20.5. The predicted octanol–water partition coefficient (Wildman–Crippen LogP) is 3.20. The molecule has 1 N–H and O–H groups in total. The van der Waals surface area contributed by atoms with Gasteiger partial charge in [0.2, 0.25) is 5.91 Å². The number of carbonyl (C=O) groups excluding carboxylic acids is 2. The first-order chi connectivity index (χ1) is 16.6. The van der Waals surface area contributed by atoms with Crippen LogP contribution in [-0.4, -0.2) is 71.8 Å². The van der Waals surface area contributed by atoms with Gasteiger partial charge in [-0.1, -0.05) is 38.7 Å².